The molecule has 18 heavy (non-hydrogen) atoms. The van der Waals surface area contributed by atoms with Gasteiger partial charge < -0.3 is 14.6 Å². The maximum absolute atomic E-state index is 10.5. The number of carboxylic acids is 1. The van der Waals surface area contributed by atoms with Crippen LogP contribution in [0.3, 0.4) is 0 Å². The fourth-order valence-electron chi connectivity index (χ4n) is 1.23. The molecule has 98 valence electrons. The fourth-order valence-corrected chi connectivity index (χ4v) is 1.46. The first-order chi connectivity index (χ1) is 8.54. The number of rotatable bonds is 6. The second kappa shape index (κ2) is 7.03. The minimum absolute atomic E-state index is 0.0553. The SMILES string of the molecule is COC(C)COc1cccc(Cl)c1/C=C/C(=O)O. The van der Waals surface area contributed by atoms with Crippen LogP contribution in [-0.4, -0.2) is 30.9 Å². The summed E-state index contributed by atoms with van der Waals surface area (Å²) in [7, 11) is 1.59. The third-order valence-corrected chi connectivity index (χ3v) is 2.61. The largest absolute Gasteiger partial charge is 0.490 e. The van der Waals surface area contributed by atoms with E-state index >= 15 is 0 Å². The summed E-state index contributed by atoms with van der Waals surface area (Å²) >= 11 is 6.01. The van der Waals surface area contributed by atoms with Gasteiger partial charge in [0, 0.05) is 18.7 Å². The molecule has 0 fully saturated rings. The summed E-state index contributed by atoms with van der Waals surface area (Å²) in [5.41, 5.74) is 0.546. The third-order valence-electron chi connectivity index (χ3n) is 2.28. The molecule has 0 heterocycles. The molecule has 1 unspecified atom stereocenters. The highest BCUT2D eigenvalue weighted by atomic mass is 35.5. The minimum Gasteiger partial charge on any atom is -0.490 e. The molecule has 1 aromatic rings. The summed E-state index contributed by atoms with van der Waals surface area (Å²) in [5.74, 6) is -0.505. The highest BCUT2D eigenvalue weighted by molar-refractivity contribution is 6.32. The van der Waals surface area contributed by atoms with Crippen molar-refractivity contribution in [2.75, 3.05) is 13.7 Å². The molecule has 0 amide bonds. The lowest BCUT2D eigenvalue weighted by atomic mass is 10.2. The van der Waals surface area contributed by atoms with Gasteiger partial charge in [-0.15, -0.1) is 0 Å². The van der Waals surface area contributed by atoms with Gasteiger partial charge in [-0.3, -0.25) is 0 Å². The van der Waals surface area contributed by atoms with Crippen LogP contribution in [0.5, 0.6) is 5.75 Å². The third kappa shape index (κ3) is 4.39. The molecule has 1 N–H and O–H groups in total. The van der Waals surface area contributed by atoms with Crippen LogP contribution in [0.2, 0.25) is 5.02 Å². The molecular formula is C13H15ClO4. The molecule has 5 heteroatoms. The number of benzene rings is 1. The van der Waals surface area contributed by atoms with E-state index in [9.17, 15) is 4.79 Å². The Hall–Kier alpha value is -1.52. The van der Waals surface area contributed by atoms with Crippen molar-refractivity contribution >= 4 is 23.6 Å². The highest BCUT2D eigenvalue weighted by Crippen LogP contribution is 2.28. The Kier molecular flexibility index (Phi) is 5.68. The van der Waals surface area contributed by atoms with E-state index in [2.05, 4.69) is 0 Å². The van der Waals surface area contributed by atoms with Crippen LogP contribution < -0.4 is 4.74 Å². The Morgan fingerprint density at radius 2 is 2.28 bits per heavy atom. The first kappa shape index (κ1) is 14.5. The lowest BCUT2D eigenvalue weighted by Gasteiger charge is -2.13. The first-order valence-corrected chi connectivity index (χ1v) is 5.77. The molecule has 0 saturated heterocycles. The van der Waals surface area contributed by atoms with E-state index in [1.165, 1.54) is 6.08 Å². The van der Waals surface area contributed by atoms with Gasteiger partial charge in [0.25, 0.3) is 0 Å². The van der Waals surface area contributed by atoms with Gasteiger partial charge in [-0.25, -0.2) is 4.79 Å². The maximum Gasteiger partial charge on any atom is 0.328 e. The Labute approximate surface area is 111 Å². The normalized spacial score (nSPS) is 12.6. The molecular weight excluding hydrogens is 256 g/mol. The van der Waals surface area contributed by atoms with Crippen molar-refractivity contribution in [1.29, 1.82) is 0 Å². The van der Waals surface area contributed by atoms with Crippen molar-refractivity contribution in [1.82, 2.24) is 0 Å². The molecule has 0 spiro atoms. The molecule has 1 rings (SSSR count). The maximum atomic E-state index is 10.5. The highest BCUT2D eigenvalue weighted by Gasteiger charge is 2.08. The van der Waals surface area contributed by atoms with Gasteiger partial charge in [-0.1, -0.05) is 17.7 Å². The molecule has 0 aliphatic rings. The molecule has 0 aliphatic heterocycles. The molecule has 0 saturated carbocycles. The number of aliphatic carboxylic acids is 1. The van der Waals surface area contributed by atoms with Crippen LogP contribution in [0.25, 0.3) is 6.08 Å². The van der Waals surface area contributed by atoms with E-state index in [1.807, 2.05) is 6.92 Å². The molecule has 0 bridgehead atoms. The van der Waals surface area contributed by atoms with Crippen molar-refractivity contribution in [3.8, 4) is 5.75 Å². The zero-order valence-electron chi connectivity index (χ0n) is 10.2. The van der Waals surface area contributed by atoms with Crippen molar-refractivity contribution in [2.24, 2.45) is 0 Å². The monoisotopic (exact) mass is 270 g/mol. The van der Waals surface area contributed by atoms with Crippen LogP contribution in [0.1, 0.15) is 12.5 Å². The summed E-state index contributed by atoms with van der Waals surface area (Å²) in [4.78, 5) is 10.5. The number of hydrogen-bond acceptors (Lipinski definition) is 3. The quantitative estimate of drug-likeness (QED) is 0.808. The van der Waals surface area contributed by atoms with Crippen LogP contribution in [0.4, 0.5) is 0 Å². The van der Waals surface area contributed by atoms with E-state index in [-0.39, 0.29) is 6.10 Å². The van der Waals surface area contributed by atoms with Gasteiger partial charge in [-0.05, 0) is 25.1 Å². The second-order valence-electron chi connectivity index (χ2n) is 3.68. The molecule has 1 aromatic carbocycles. The topological polar surface area (TPSA) is 55.8 Å². The van der Waals surface area contributed by atoms with Crippen molar-refractivity contribution in [3.63, 3.8) is 0 Å². The zero-order valence-corrected chi connectivity index (χ0v) is 11.0. The molecule has 0 aliphatic carbocycles. The average molecular weight is 271 g/mol. The molecule has 1 atom stereocenters. The fraction of sp³-hybridized carbons (Fsp3) is 0.308. The predicted octanol–water partition coefficient (Wildman–Crippen LogP) is 2.85. The van der Waals surface area contributed by atoms with Crippen LogP contribution in [0, 0.1) is 0 Å². The summed E-state index contributed by atoms with van der Waals surface area (Å²) in [6, 6.07) is 5.15. The molecule has 0 aromatic heterocycles. The van der Waals surface area contributed by atoms with E-state index in [0.717, 1.165) is 6.08 Å². The van der Waals surface area contributed by atoms with Gasteiger partial charge in [0.2, 0.25) is 0 Å². The van der Waals surface area contributed by atoms with Crippen molar-refractivity contribution < 1.29 is 19.4 Å². The van der Waals surface area contributed by atoms with Gasteiger partial charge in [-0.2, -0.15) is 0 Å². The summed E-state index contributed by atoms with van der Waals surface area (Å²) in [6.45, 7) is 2.24. The predicted molar refractivity (Wildman–Crippen MR) is 70.1 cm³/mol. The van der Waals surface area contributed by atoms with Gasteiger partial charge >= 0.3 is 5.97 Å². The smallest absolute Gasteiger partial charge is 0.328 e. The Morgan fingerprint density at radius 3 is 2.89 bits per heavy atom. The van der Waals surface area contributed by atoms with Crippen LogP contribution in [0.15, 0.2) is 24.3 Å². The number of methoxy groups -OCH3 is 1. The first-order valence-electron chi connectivity index (χ1n) is 5.39. The summed E-state index contributed by atoms with van der Waals surface area (Å²) in [5, 5.41) is 9.06. The number of hydrogen-bond donors (Lipinski definition) is 1. The van der Waals surface area contributed by atoms with E-state index in [0.29, 0.717) is 22.9 Å². The van der Waals surface area contributed by atoms with Gasteiger partial charge in [0.15, 0.2) is 0 Å². The number of halogens is 1. The zero-order chi connectivity index (χ0) is 13.5. The molecule has 0 radical (unpaired) electrons. The average Bonchev–Trinajstić information content (AvgIpc) is 2.34. The van der Waals surface area contributed by atoms with Gasteiger partial charge in [0.1, 0.15) is 12.4 Å². The van der Waals surface area contributed by atoms with Crippen LogP contribution in [-0.2, 0) is 9.53 Å². The van der Waals surface area contributed by atoms with E-state index < -0.39 is 5.97 Å². The summed E-state index contributed by atoms with van der Waals surface area (Å²) < 4.78 is 10.6. The van der Waals surface area contributed by atoms with E-state index in [4.69, 9.17) is 26.2 Å². The molecule has 4 nitrogen and oxygen atoms in total. The second-order valence-corrected chi connectivity index (χ2v) is 4.09. The minimum atomic E-state index is -1.04. The van der Waals surface area contributed by atoms with Crippen LogP contribution >= 0.6 is 11.6 Å². The Balaban J connectivity index is 2.90. The Bertz CT molecular complexity index is 443. The number of carbonyl (C=O) groups is 1. The number of carboxylic acid groups (broad SMARTS) is 1. The van der Waals surface area contributed by atoms with Crippen molar-refractivity contribution in [3.05, 3.63) is 34.9 Å². The van der Waals surface area contributed by atoms with Gasteiger partial charge in [0.05, 0.1) is 11.1 Å². The summed E-state index contributed by atoms with van der Waals surface area (Å²) in [6.07, 6.45) is 2.38. The van der Waals surface area contributed by atoms with Crippen molar-refractivity contribution in [2.45, 2.75) is 13.0 Å². The Morgan fingerprint density at radius 1 is 1.56 bits per heavy atom. The lowest BCUT2D eigenvalue weighted by Crippen LogP contribution is -2.16. The number of ether oxygens (including phenoxy) is 2. The lowest BCUT2D eigenvalue weighted by molar-refractivity contribution is -0.131. The van der Waals surface area contributed by atoms with E-state index in [1.54, 1.807) is 25.3 Å². The standard InChI is InChI=1S/C13H15ClO4/c1-9(17-2)8-18-12-5-3-4-11(14)10(12)6-7-13(15)16/h3-7,9H,8H2,1-2H3,(H,15,16)/b7-6+.